The lowest BCUT2D eigenvalue weighted by Gasteiger charge is -2.06. The molecule has 0 radical (unpaired) electrons. The van der Waals surface area contributed by atoms with Crippen LogP contribution in [0.15, 0.2) is 18.7 Å². The number of unbranched alkanes of at least 4 members (excludes halogenated alkanes) is 9. The van der Waals surface area contributed by atoms with Crippen LogP contribution < -0.4 is 4.98 Å². The minimum Gasteiger partial charge on any atom is -0.726 e. The Bertz CT molecular complexity index is 390. The van der Waals surface area contributed by atoms with Crippen LogP contribution in [0.25, 0.3) is 0 Å². The molecule has 0 atom stereocenters. The molecule has 22 heavy (non-hydrogen) atoms. The lowest BCUT2D eigenvalue weighted by atomic mass is 10.1. The molecule has 0 aliphatic rings. The van der Waals surface area contributed by atoms with Crippen LogP contribution >= 0.6 is 0 Å². The Morgan fingerprint density at radius 1 is 1.00 bits per heavy atom. The molecular formula is C15H30N2O4S. The van der Waals surface area contributed by atoms with Gasteiger partial charge in [-0.15, -0.1) is 0 Å². The van der Waals surface area contributed by atoms with E-state index in [-0.39, 0.29) is 6.61 Å². The highest BCUT2D eigenvalue weighted by Crippen LogP contribution is 2.10. The van der Waals surface area contributed by atoms with E-state index in [1.165, 1.54) is 44.9 Å². The minimum atomic E-state index is -4.48. The first-order chi connectivity index (χ1) is 10.6. The van der Waals surface area contributed by atoms with Gasteiger partial charge < -0.3 is 4.55 Å². The molecule has 0 aliphatic carbocycles. The maximum Gasteiger partial charge on any atom is 0.239 e. The van der Waals surface area contributed by atoms with Crippen molar-refractivity contribution in [1.29, 1.82) is 0 Å². The molecule has 0 saturated heterocycles. The molecule has 0 bridgehead atoms. The van der Waals surface area contributed by atoms with Gasteiger partial charge in [-0.3, -0.25) is 14.2 Å². The molecule has 1 aromatic rings. The zero-order valence-electron chi connectivity index (χ0n) is 13.6. The molecule has 0 fully saturated rings. The van der Waals surface area contributed by atoms with Crippen molar-refractivity contribution in [3.8, 4) is 0 Å². The van der Waals surface area contributed by atoms with E-state index in [9.17, 15) is 13.0 Å². The second kappa shape index (κ2) is 15.0. The monoisotopic (exact) mass is 334 g/mol. The van der Waals surface area contributed by atoms with Gasteiger partial charge in [-0.25, -0.2) is 8.42 Å². The maximum absolute atomic E-state index is 10.1. The summed E-state index contributed by atoms with van der Waals surface area (Å²) < 4.78 is 34.5. The van der Waals surface area contributed by atoms with Gasteiger partial charge in [0.1, 0.15) is 12.4 Å². The average molecular weight is 334 g/mol. The van der Waals surface area contributed by atoms with Gasteiger partial charge in [0.2, 0.25) is 16.7 Å². The number of hydrogen-bond acceptors (Lipinski definition) is 4. The van der Waals surface area contributed by atoms with Crippen molar-refractivity contribution in [2.75, 3.05) is 6.61 Å². The lowest BCUT2D eigenvalue weighted by Crippen LogP contribution is -2.05. The number of hydrogen-bond donors (Lipinski definition) is 1. The fraction of sp³-hybridized carbons (Fsp3) is 0.800. The van der Waals surface area contributed by atoms with Crippen molar-refractivity contribution in [2.45, 2.75) is 71.1 Å². The predicted octanol–water partition coefficient (Wildman–Crippen LogP) is 3.21. The lowest BCUT2D eigenvalue weighted by molar-refractivity contribution is -0.375. The Balaban J connectivity index is 0.000000734. The first-order valence-electron chi connectivity index (χ1n) is 8.15. The van der Waals surface area contributed by atoms with Crippen LogP contribution in [0.3, 0.4) is 0 Å². The molecular weight excluding hydrogens is 304 g/mol. The molecule has 6 nitrogen and oxygen atoms in total. The molecule has 0 aliphatic heterocycles. The highest BCUT2D eigenvalue weighted by molar-refractivity contribution is 7.80. The summed E-state index contributed by atoms with van der Waals surface area (Å²) in [5.41, 5.74) is 0. The molecule has 130 valence electrons. The Kier molecular flexibility index (Phi) is 14.4. The van der Waals surface area contributed by atoms with Gasteiger partial charge in [-0.05, 0) is 6.42 Å². The van der Waals surface area contributed by atoms with Gasteiger partial charge in [0.25, 0.3) is 0 Å². The van der Waals surface area contributed by atoms with Crippen LogP contribution in [0.4, 0.5) is 0 Å². The molecule has 2 N–H and O–H groups in total. The van der Waals surface area contributed by atoms with Crippen LogP contribution in [0, 0.1) is 0 Å². The van der Waals surface area contributed by atoms with Crippen molar-refractivity contribution in [3.63, 3.8) is 0 Å². The third-order valence-corrected chi connectivity index (χ3v) is 3.62. The number of aromatic nitrogens is 2. The number of rotatable bonds is 12. The minimum absolute atomic E-state index is 0.0301. The maximum atomic E-state index is 10.1. The van der Waals surface area contributed by atoms with Crippen molar-refractivity contribution in [3.05, 3.63) is 18.7 Å². The van der Waals surface area contributed by atoms with Crippen molar-refractivity contribution < 1.29 is 22.1 Å². The standard InChI is InChI=1S/C12H26O4S.C3H4N2/c1-2-3-4-5-6-7-8-9-10-11-12-16-17(13,14)15;1-2-5-3-4-1/h2-12H2,1H3,(H,13,14,15);1-3H,(H,4,5). The zero-order chi connectivity index (χ0) is 16.5. The molecule has 1 aromatic heterocycles. The van der Waals surface area contributed by atoms with Gasteiger partial charge in [0, 0.05) is 0 Å². The van der Waals surface area contributed by atoms with Gasteiger partial charge in [0.05, 0.1) is 6.61 Å². The summed E-state index contributed by atoms with van der Waals surface area (Å²) in [5.74, 6) is 0. The zero-order valence-corrected chi connectivity index (χ0v) is 14.4. The largest absolute Gasteiger partial charge is 0.726 e. The van der Waals surface area contributed by atoms with E-state index in [4.69, 9.17) is 0 Å². The third-order valence-electron chi connectivity index (χ3n) is 3.17. The molecule has 0 unspecified atom stereocenters. The molecule has 1 heterocycles. The van der Waals surface area contributed by atoms with Gasteiger partial charge in [-0.2, -0.15) is 0 Å². The summed E-state index contributed by atoms with van der Waals surface area (Å²) in [6.07, 6.45) is 17.1. The quantitative estimate of drug-likeness (QED) is 0.360. The Labute approximate surface area is 134 Å². The topological polar surface area (TPSA) is 96.4 Å². The average Bonchev–Trinajstić information content (AvgIpc) is 3.03. The van der Waals surface area contributed by atoms with Crippen molar-refractivity contribution >= 4 is 10.4 Å². The summed E-state index contributed by atoms with van der Waals surface area (Å²) in [5, 5.41) is 0. The van der Waals surface area contributed by atoms with E-state index < -0.39 is 10.4 Å². The first-order valence-corrected chi connectivity index (χ1v) is 9.48. The normalized spacial score (nSPS) is 11.0. The van der Waals surface area contributed by atoms with Crippen molar-refractivity contribution in [2.24, 2.45) is 0 Å². The molecule has 0 amide bonds. The highest BCUT2D eigenvalue weighted by Gasteiger charge is 1.95. The first kappa shape index (κ1) is 21.1. The van der Waals surface area contributed by atoms with E-state index in [1.807, 2.05) is 12.4 Å². The summed E-state index contributed by atoms with van der Waals surface area (Å²) in [4.78, 5) is 5.61. The molecule has 0 spiro atoms. The van der Waals surface area contributed by atoms with Crippen LogP contribution in [0.5, 0.6) is 0 Å². The fourth-order valence-corrected chi connectivity index (χ4v) is 2.31. The summed E-state index contributed by atoms with van der Waals surface area (Å²) >= 11 is 0. The van der Waals surface area contributed by atoms with Crippen LogP contribution in [-0.4, -0.2) is 24.6 Å². The fourth-order valence-electron chi connectivity index (χ4n) is 1.99. The second-order valence-electron chi connectivity index (χ2n) is 5.22. The summed E-state index contributed by atoms with van der Waals surface area (Å²) in [6.45, 7) is 2.24. The van der Waals surface area contributed by atoms with E-state index in [2.05, 4.69) is 21.1 Å². The Morgan fingerprint density at radius 2 is 1.55 bits per heavy atom. The summed E-state index contributed by atoms with van der Waals surface area (Å²) in [7, 11) is -4.48. The summed E-state index contributed by atoms with van der Waals surface area (Å²) in [6, 6.07) is 0. The molecule has 0 aromatic carbocycles. The van der Waals surface area contributed by atoms with E-state index in [0.29, 0.717) is 6.42 Å². The number of imidazole rings is 1. The van der Waals surface area contributed by atoms with Crippen LogP contribution in [0.2, 0.25) is 0 Å². The van der Waals surface area contributed by atoms with Crippen LogP contribution in [0.1, 0.15) is 71.1 Å². The van der Waals surface area contributed by atoms with Gasteiger partial charge >= 0.3 is 0 Å². The molecule has 7 heteroatoms. The second-order valence-corrected chi connectivity index (χ2v) is 6.28. The SMILES string of the molecule is CCCCCCCCCCCCOS(=O)(=O)[O-].c1c[nH+]c[nH]1. The Morgan fingerprint density at radius 3 is 1.91 bits per heavy atom. The Hall–Kier alpha value is -0.920. The molecule has 0 saturated carbocycles. The number of H-pyrrole nitrogens is 2. The van der Waals surface area contributed by atoms with Gasteiger partial charge in [0.15, 0.2) is 0 Å². The molecule has 1 rings (SSSR count). The van der Waals surface area contributed by atoms with E-state index >= 15 is 0 Å². The van der Waals surface area contributed by atoms with Crippen LogP contribution in [-0.2, 0) is 14.6 Å². The third kappa shape index (κ3) is 19.1. The predicted molar refractivity (Wildman–Crippen MR) is 84.8 cm³/mol. The van der Waals surface area contributed by atoms with Gasteiger partial charge in [-0.1, -0.05) is 64.7 Å². The smallest absolute Gasteiger partial charge is 0.239 e. The number of aromatic amines is 2. The van der Waals surface area contributed by atoms with Crippen molar-refractivity contribution in [1.82, 2.24) is 4.98 Å². The van der Waals surface area contributed by atoms with E-state index in [0.717, 1.165) is 12.8 Å². The number of nitrogens with one attached hydrogen (secondary N) is 2. The van der Waals surface area contributed by atoms with E-state index in [1.54, 1.807) is 6.33 Å². The highest BCUT2D eigenvalue weighted by atomic mass is 32.3.